The number of aliphatic hydroxyl groups excluding tert-OH is 3. The first-order valence-electron chi connectivity index (χ1n) is 14.1. The Bertz CT molecular complexity index is 1290. The van der Waals surface area contributed by atoms with E-state index in [0.29, 0.717) is 16.7 Å². The number of nitrogens with one attached hydrogen (secondary N) is 2. The number of esters is 1. The average molecular weight is 619 g/mol. The predicted molar refractivity (Wildman–Crippen MR) is 157 cm³/mol. The number of methoxy groups -OCH3 is 1. The van der Waals surface area contributed by atoms with Crippen LogP contribution in [0.5, 0.6) is 5.75 Å². The van der Waals surface area contributed by atoms with Crippen LogP contribution in [0.15, 0.2) is 42.5 Å². The Labute approximate surface area is 256 Å². The monoisotopic (exact) mass is 618 g/mol. The Morgan fingerprint density at radius 3 is 2.27 bits per heavy atom. The highest BCUT2D eigenvalue weighted by atomic mass is 16.7. The van der Waals surface area contributed by atoms with Gasteiger partial charge in [-0.3, -0.25) is 4.79 Å². The van der Waals surface area contributed by atoms with Crippen molar-refractivity contribution >= 4 is 18.0 Å². The molecule has 6 N–H and O–H groups in total. The van der Waals surface area contributed by atoms with E-state index in [1.54, 1.807) is 65.0 Å². The maximum Gasteiger partial charge on any atom is 0.408 e. The van der Waals surface area contributed by atoms with Crippen molar-refractivity contribution in [2.45, 2.75) is 89.5 Å². The Balaban J connectivity index is 1.87. The number of aliphatic hydroxyl groups is 3. The van der Waals surface area contributed by atoms with Crippen molar-refractivity contribution in [3.8, 4) is 5.75 Å². The van der Waals surface area contributed by atoms with Gasteiger partial charge in [-0.1, -0.05) is 30.3 Å². The number of carbonyl (C=O) groups excluding carboxylic acids is 3. The van der Waals surface area contributed by atoms with Crippen LogP contribution in [0.4, 0.5) is 4.79 Å². The second-order valence-corrected chi connectivity index (χ2v) is 11.8. The molecule has 0 saturated carbocycles. The van der Waals surface area contributed by atoms with Gasteiger partial charge in [0.25, 0.3) is 11.7 Å². The molecule has 1 saturated heterocycles. The minimum atomic E-state index is -2.23. The van der Waals surface area contributed by atoms with Gasteiger partial charge < -0.3 is 50.0 Å². The van der Waals surface area contributed by atoms with Gasteiger partial charge in [-0.2, -0.15) is 0 Å². The summed E-state index contributed by atoms with van der Waals surface area (Å²) in [5.41, 5.74) is 0.939. The van der Waals surface area contributed by atoms with Gasteiger partial charge in [-0.15, -0.1) is 0 Å². The highest BCUT2D eigenvalue weighted by molar-refractivity contribution is 5.94. The number of carbonyl (C=O) groups is 3. The molecule has 2 aromatic rings. The Hall–Kier alpha value is -3.75. The molecule has 0 aromatic heterocycles. The third-order valence-electron chi connectivity index (χ3n) is 7.02. The van der Waals surface area contributed by atoms with Gasteiger partial charge in [-0.25, -0.2) is 9.59 Å². The quantitative estimate of drug-likeness (QED) is 0.212. The van der Waals surface area contributed by atoms with Crippen LogP contribution in [-0.4, -0.2) is 93.9 Å². The number of phenolic OH excluding ortho intramolecular Hbond substituents is 1. The fourth-order valence-corrected chi connectivity index (χ4v) is 4.81. The van der Waals surface area contributed by atoms with Crippen molar-refractivity contribution in [2.24, 2.45) is 0 Å². The zero-order chi connectivity index (χ0) is 32.8. The summed E-state index contributed by atoms with van der Waals surface area (Å²) < 4.78 is 22.1. The summed E-state index contributed by atoms with van der Waals surface area (Å²) in [6.45, 7) is 7.55. The Morgan fingerprint density at radius 1 is 1.09 bits per heavy atom. The standard InChI is InChI=1S/C31H42N2O11/c1-17-12-20(13-18(2)24(17)36)27(38)32-15-22(35)25(37)26-23(33-29(40)44-30(3,4)5)21(34)14-31(43-26,28(39)41-6)42-16-19-10-8-7-9-11-19/h7-13,21-23,25-26,34-37H,14-16H2,1-6H3,(H,32,38)(H,33,40)/t21?,22-,23?,25-,26?,31?/m1/s1. The average Bonchev–Trinajstić information content (AvgIpc) is 2.97. The summed E-state index contributed by atoms with van der Waals surface area (Å²) in [6, 6.07) is 10.4. The van der Waals surface area contributed by atoms with Crippen LogP contribution in [-0.2, 0) is 30.3 Å². The zero-order valence-corrected chi connectivity index (χ0v) is 25.7. The summed E-state index contributed by atoms with van der Waals surface area (Å²) in [7, 11) is 1.10. The maximum absolute atomic E-state index is 13.0. The van der Waals surface area contributed by atoms with E-state index in [4.69, 9.17) is 18.9 Å². The van der Waals surface area contributed by atoms with Crippen molar-refractivity contribution in [1.82, 2.24) is 10.6 Å². The first kappa shape index (κ1) is 34.7. The summed E-state index contributed by atoms with van der Waals surface area (Å²) in [4.78, 5) is 38.5. The minimum Gasteiger partial charge on any atom is -0.507 e. The molecule has 0 aliphatic carbocycles. The van der Waals surface area contributed by atoms with Crippen LogP contribution >= 0.6 is 0 Å². The molecular formula is C31H42N2O11. The number of hydrogen-bond donors (Lipinski definition) is 6. The molecule has 6 atom stereocenters. The first-order valence-corrected chi connectivity index (χ1v) is 14.1. The number of alkyl carbamates (subject to hydrolysis) is 1. The summed E-state index contributed by atoms with van der Waals surface area (Å²) in [5.74, 6) is -3.78. The van der Waals surface area contributed by atoms with E-state index in [0.717, 1.165) is 7.11 Å². The van der Waals surface area contributed by atoms with E-state index in [-0.39, 0.29) is 17.9 Å². The van der Waals surface area contributed by atoms with Gasteiger partial charge >= 0.3 is 12.1 Å². The van der Waals surface area contributed by atoms with Gasteiger partial charge in [0.15, 0.2) is 0 Å². The number of benzene rings is 2. The molecule has 13 heteroatoms. The molecule has 242 valence electrons. The van der Waals surface area contributed by atoms with Gasteiger partial charge in [0, 0.05) is 18.5 Å². The molecule has 44 heavy (non-hydrogen) atoms. The Kier molecular flexibility index (Phi) is 11.3. The molecule has 1 heterocycles. The summed E-state index contributed by atoms with van der Waals surface area (Å²) >= 11 is 0. The van der Waals surface area contributed by atoms with Crippen molar-refractivity contribution in [3.63, 3.8) is 0 Å². The third kappa shape index (κ3) is 8.67. The molecule has 3 rings (SSSR count). The number of ether oxygens (including phenoxy) is 4. The van der Waals surface area contributed by atoms with Crippen LogP contribution in [0.2, 0.25) is 0 Å². The van der Waals surface area contributed by atoms with Crippen molar-refractivity contribution in [1.29, 1.82) is 0 Å². The van der Waals surface area contributed by atoms with E-state index >= 15 is 0 Å². The van der Waals surface area contributed by atoms with E-state index in [2.05, 4.69) is 10.6 Å². The molecule has 13 nitrogen and oxygen atoms in total. The highest BCUT2D eigenvalue weighted by Crippen LogP contribution is 2.35. The number of aryl methyl sites for hydroxylation is 2. The predicted octanol–water partition coefficient (Wildman–Crippen LogP) is 1.59. The van der Waals surface area contributed by atoms with Crippen LogP contribution in [0.1, 0.15) is 54.2 Å². The fourth-order valence-electron chi connectivity index (χ4n) is 4.81. The molecule has 2 amide bonds. The van der Waals surface area contributed by atoms with Crippen molar-refractivity contribution < 1.29 is 53.8 Å². The first-order chi connectivity index (χ1) is 20.6. The maximum atomic E-state index is 13.0. The number of rotatable bonds is 10. The number of phenols is 1. The number of amides is 2. The smallest absolute Gasteiger partial charge is 0.408 e. The highest BCUT2D eigenvalue weighted by Gasteiger charge is 2.56. The molecule has 1 aliphatic rings. The van der Waals surface area contributed by atoms with E-state index in [9.17, 15) is 34.8 Å². The lowest BCUT2D eigenvalue weighted by molar-refractivity contribution is -0.315. The minimum absolute atomic E-state index is 0.0529. The largest absolute Gasteiger partial charge is 0.507 e. The van der Waals surface area contributed by atoms with E-state index in [1.165, 1.54) is 12.1 Å². The lowest BCUT2D eigenvalue weighted by atomic mass is 9.88. The molecular weight excluding hydrogens is 576 g/mol. The van der Waals surface area contributed by atoms with Gasteiger partial charge in [0.1, 0.15) is 23.6 Å². The zero-order valence-electron chi connectivity index (χ0n) is 25.7. The molecule has 0 radical (unpaired) electrons. The van der Waals surface area contributed by atoms with Crippen molar-refractivity contribution in [3.05, 3.63) is 64.7 Å². The van der Waals surface area contributed by atoms with Crippen LogP contribution in [0, 0.1) is 13.8 Å². The molecule has 1 aliphatic heterocycles. The topological polar surface area (TPSA) is 193 Å². The lowest BCUT2D eigenvalue weighted by Gasteiger charge is -2.47. The van der Waals surface area contributed by atoms with Crippen LogP contribution in [0.25, 0.3) is 0 Å². The van der Waals surface area contributed by atoms with E-state index < -0.39 is 72.8 Å². The normalized spacial score (nSPS) is 23.2. The van der Waals surface area contributed by atoms with E-state index in [1.807, 2.05) is 0 Å². The molecule has 0 bridgehead atoms. The number of hydrogen-bond acceptors (Lipinski definition) is 11. The molecule has 1 fully saturated rings. The van der Waals surface area contributed by atoms with Gasteiger partial charge in [0.2, 0.25) is 0 Å². The fraction of sp³-hybridized carbons (Fsp3) is 0.516. The number of aromatic hydroxyl groups is 1. The molecule has 0 spiro atoms. The molecule has 2 aromatic carbocycles. The van der Waals surface area contributed by atoms with Crippen molar-refractivity contribution in [2.75, 3.05) is 13.7 Å². The van der Waals surface area contributed by atoms with Crippen LogP contribution in [0.3, 0.4) is 0 Å². The Morgan fingerprint density at radius 2 is 1.70 bits per heavy atom. The SMILES string of the molecule is COC(=O)C1(OCc2ccccc2)CC(O)C(NC(=O)OC(C)(C)C)C([C@H](O)[C@H](O)CNC(=O)c2cc(C)c(O)c(C)c2)O1. The second-order valence-electron chi connectivity index (χ2n) is 11.8. The second kappa shape index (κ2) is 14.4. The summed E-state index contributed by atoms with van der Waals surface area (Å²) in [6.07, 6.45) is -8.22. The molecule has 4 unspecified atom stereocenters. The van der Waals surface area contributed by atoms with Gasteiger partial charge in [-0.05, 0) is 63.4 Å². The van der Waals surface area contributed by atoms with Gasteiger partial charge in [0.05, 0.1) is 32.0 Å². The third-order valence-corrected chi connectivity index (χ3v) is 7.02. The van der Waals surface area contributed by atoms with Crippen LogP contribution < -0.4 is 10.6 Å². The summed E-state index contributed by atoms with van der Waals surface area (Å²) in [5, 5.41) is 48.4. The lowest BCUT2D eigenvalue weighted by Crippen LogP contribution is -2.68.